The van der Waals surface area contributed by atoms with Crippen LogP contribution in [0.2, 0.25) is 0 Å². The summed E-state index contributed by atoms with van der Waals surface area (Å²) in [5.74, 6) is -0.835. The number of amides is 1. The van der Waals surface area contributed by atoms with Crippen LogP contribution in [0.5, 0.6) is 0 Å². The zero-order chi connectivity index (χ0) is 15.8. The lowest BCUT2D eigenvalue weighted by Crippen LogP contribution is -2.48. The van der Waals surface area contributed by atoms with Gasteiger partial charge in [-0.15, -0.1) is 0 Å². The molecule has 120 valence electrons. The van der Waals surface area contributed by atoms with Crippen LogP contribution in [0.3, 0.4) is 0 Å². The molecule has 1 heterocycles. The van der Waals surface area contributed by atoms with Crippen LogP contribution in [0.15, 0.2) is 30.3 Å². The number of benzene rings is 1. The van der Waals surface area contributed by atoms with Gasteiger partial charge in [0.15, 0.2) is 0 Å². The summed E-state index contributed by atoms with van der Waals surface area (Å²) < 4.78 is 5.15. The summed E-state index contributed by atoms with van der Waals surface area (Å²) in [6.45, 7) is 1.43. The maximum atomic E-state index is 11.7. The van der Waals surface area contributed by atoms with Crippen molar-refractivity contribution in [3.05, 3.63) is 35.9 Å². The highest BCUT2D eigenvalue weighted by atomic mass is 16.5. The van der Waals surface area contributed by atoms with Gasteiger partial charge in [0.2, 0.25) is 0 Å². The van der Waals surface area contributed by atoms with Crippen LogP contribution in [-0.2, 0) is 16.1 Å². The van der Waals surface area contributed by atoms with E-state index < -0.39 is 12.1 Å². The summed E-state index contributed by atoms with van der Waals surface area (Å²) in [7, 11) is 0. The quantitative estimate of drug-likeness (QED) is 0.838. The Morgan fingerprint density at radius 2 is 2.05 bits per heavy atom. The second kappa shape index (κ2) is 8.38. The molecule has 1 aromatic carbocycles. The first-order valence-electron chi connectivity index (χ1n) is 7.55. The Bertz CT molecular complexity index is 492. The number of likely N-dealkylation sites (tertiary alicyclic amines) is 1. The summed E-state index contributed by atoms with van der Waals surface area (Å²) >= 11 is 0. The third-order valence-electron chi connectivity index (χ3n) is 3.78. The summed E-state index contributed by atoms with van der Waals surface area (Å²) in [5.41, 5.74) is 0.933. The molecule has 0 radical (unpaired) electrons. The van der Waals surface area contributed by atoms with Crippen molar-refractivity contribution in [2.24, 2.45) is 0 Å². The molecule has 1 aliphatic rings. The Morgan fingerprint density at radius 1 is 1.27 bits per heavy atom. The number of hydrogen-bond acceptors (Lipinski definition) is 4. The number of ether oxygens (including phenoxy) is 1. The fourth-order valence-corrected chi connectivity index (χ4v) is 2.65. The zero-order valence-electron chi connectivity index (χ0n) is 12.5. The van der Waals surface area contributed by atoms with Crippen molar-refractivity contribution in [3.8, 4) is 0 Å². The highest BCUT2D eigenvalue weighted by Gasteiger charge is 2.24. The molecule has 1 atom stereocenters. The Hall–Kier alpha value is -2.08. The van der Waals surface area contributed by atoms with Gasteiger partial charge in [-0.2, -0.15) is 0 Å². The topological polar surface area (TPSA) is 78.9 Å². The number of aliphatic carboxylic acids is 1. The van der Waals surface area contributed by atoms with E-state index in [1.54, 1.807) is 0 Å². The lowest BCUT2D eigenvalue weighted by atomic mass is 10.0. The average Bonchev–Trinajstić information content (AvgIpc) is 2.52. The Balaban J connectivity index is 1.73. The summed E-state index contributed by atoms with van der Waals surface area (Å²) in [6.07, 6.45) is 2.49. The van der Waals surface area contributed by atoms with Gasteiger partial charge in [0.1, 0.15) is 6.61 Å². The molecule has 1 saturated heterocycles. The van der Waals surface area contributed by atoms with Crippen molar-refractivity contribution < 1.29 is 19.4 Å². The Kier molecular flexibility index (Phi) is 6.21. The minimum atomic E-state index is -0.835. The third-order valence-corrected chi connectivity index (χ3v) is 3.78. The van der Waals surface area contributed by atoms with E-state index in [1.165, 1.54) is 0 Å². The normalized spacial score (nSPS) is 18.6. The fraction of sp³-hybridized carbons (Fsp3) is 0.500. The van der Waals surface area contributed by atoms with Gasteiger partial charge < -0.3 is 15.2 Å². The Labute approximate surface area is 130 Å². The first kappa shape index (κ1) is 16.3. The molecule has 1 amide bonds. The lowest BCUT2D eigenvalue weighted by Gasteiger charge is -2.34. The number of carboxylic acid groups (broad SMARTS) is 1. The highest BCUT2D eigenvalue weighted by molar-refractivity contribution is 5.69. The zero-order valence-corrected chi connectivity index (χ0v) is 12.5. The van der Waals surface area contributed by atoms with E-state index in [9.17, 15) is 9.59 Å². The monoisotopic (exact) mass is 306 g/mol. The molecule has 1 fully saturated rings. The van der Waals surface area contributed by atoms with E-state index >= 15 is 0 Å². The van der Waals surface area contributed by atoms with Gasteiger partial charge in [-0.05, 0) is 24.9 Å². The predicted molar refractivity (Wildman–Crippen MR) is 81.5 cm³/mol. The van der Waals surface area contributed by atoms with Crippen LogP contribution in [0, 0.1) is 0 Å². The SMILES string of the molecule is O=C(O)CN1CCCC[C@H]1CNC(=O)OCc1ccccc1. The van der Waals surface area contributed by atoms with Gasteiger partial charge in [-0.1, -0.05) is 36.8 Å². The number of rotatable bonds is 6. The number of carbonyl (C=O) groups is 2. The van der Waals surface area contributed by atoms with E-state index in [2.05, 4.69) is 5.32 Å². The van der Waals surface area contributed by atoms with Gasteiger partial charge in [-0.3, -0.25) is 9.69 Å². The number of hydrogen-bond donors (Lipinski definition) is 2. The molecule has 1 aliphatic heterocycles. The van der Waals surface area contributed by atoms with Crippen molar-refractivity contribution in [3.63, 3.8) is 0 Å². The molecular weight excluding hydrogens is 284 g/mol. The van der Waals surface area contributed by atoms with E-state index in [0.29, 0.717) is 6.54 Å². The highest BCUT2D eigenvalue weighted by Crippen LogP contribution is 2.16. The van der Waals surface area contributed by atoms with E-state index in [4.69, 9.17) is 9.84 Å². The van der Waals surface area contributed by atoms with Crippen LogP contribution >= 0.6 is 0 Å². The van der Waals surface area contributed by atoms with Crippen molar-refractivity contribution >= 4 is 12.1 Å². The number of carboxylic acids is 1. The summed E-state index contributed by atoms with van der Waals surface area (Å²) in [4.78, 5) is 24.5. The fourth-order valence-electron chi connectivity index (χ4n) is 2.65. The largest absolute Gasteiger partial charge is 0.480 e. The average molecular weight is 306 g/mol. The van der Waals surface area contributed by atoms with Crippen molar-refractivity contribution in [1.82, 2.24) is 10.2 Å². The van der Waals surface area contributed by atoms with Crippen molar-refractivity contribution in [2.75, 3.05) is 19.6 Å². The van der Waals surface area contributed by atoms with Crippen LogP contribution in [-0.4, -0.2) is 47.7 Å². The van der Waals surface area contributed by atoms with Crippen LogP contribution < -0.4 is 5.32 Å². The first-order valence-corrected chi connectivity index (χ1v) is 7.55. The second-order valence-electron chi connectivity index (χ2n) is 5.46. The molecule has 2 rings (SSSR count). The summed E-state index contributed by atoms with van der Waals surface area (Å²) in [6, 6.07) is 9.54. The standard InChI is InChI=1S/C16H22N2O4/c19-15(20)11-18-9-5-4-8-14(18)10-17-16(21)22-12-13-6-2-1-3-7-13/h1-3,6-7,14H,4-5,8-12H2,(H,17,21)(H,19,20)/t14-/m0/s1. The molecule has 1 aromatic rings. The molecule has 2 N–H and O–H groups in total. The number of carbonyl (C=O) groups excluding carboxylic acids is 1. The minimum absolute atomic E-state index is 0.0193. The summed E-state index contributed by atoms with van der Waals surface area (Å²) in [5, 5.41) is 11.6. The molecule has 6 heteroatoms. The van der Waals surface area contributed by atoms with Gasteiger partial charge in [0.05, 0.1) is 6.54 Å². The smallest absolute Gasteiger partial charge is 0.407 e. The maximum Gasteiger partial charge on any atom is 0.407 e. The van der Waals surface area contributed by atoms with Crippen molar-refractivity contribution in [1.29, 1.82) is 0 Å². The third kappa shape index (κ3) is 5.37. The molecule has 0 saturated carbocycles. The lowest BCUT2D eigenvalue weighted by molar-refractivity contribution is -0.139. The second-order valence-corrected chi connectivity index (χ2v) is 5.46. The molecule has 0 bridgehead atoms. The number of nitrogens with zero attached hydrogens (tertiary/aromatic N) is 1. The predicted octanol–water partition coefficient (Wildman–Crippen LogP) is 1.85. The van der Waals surface area contributed by atoms with E-state index in [-0.39, 0.29) is 19.2 Å². The molecule has 22 heavy (non-hydrogen) atoms. The minimum Gasteiger partial charge on any atom is -0.480 e. The number of alkyl carbamates (subject to hydrolysis) is 1. The number of nitrogens with one attached hydrogen (secondary N) is 1. The number of piperidine rings is 1. The van der Waals surface area contributed by atoms with Crippen molar-refractivity contribution in [2.45, 2.75) is 31.9 Å². The van der Waals surface area contributed by atoms with Crippen LogP contribution in [0.25, 0.3) is 0 Å². The molecule has 0 aromatic heterocycles. The van der Waals surface area contributed by atoms with Gasteiger partial charge in [0.25, 0.3) is 0 Å². The molecule has 0 aliphatic carbocycles. The Morgan fingerprint density at radius 3 is 2.77 bits per heavy atom. The van der Waals surface area contributed by atoms with E-state index in [1.807, 2.05) is 35.2 Å². The molecule has 0 unspecified atom stereocenters. The van der Waals surface area contributed by atoms with Crippen LogP contribution in [0.1, 0.15) is 24.8 Å². The van der Waals surface area contributed by atoms with Gasteiger partial charge >= 0.3 is 12.1 Å². The molecule has 6 nitrogen and oxygen atoms in total. The van der Waals surface area contributed by atoms with Gasteiger partial charge in [-0.25, -0.2) is 4.79 Å². The van der Waals surface area contributed by atoms with Gasteiger partial charge in [0, 0.05) is 12.6 Å². The maximum absolute atomic E-state index is 11.7. The molecular formula is C16H22N2O4. The van der Waals surface area contributed by atoms with Crippen LogP contribution in [0.4, 0.5) is 4.79 Å². The van der Waals surface area contributed by atoms with E-state index in [0.717, 1.165) is 31.4 Å². The first-order chi connectivity index (χ1) is 10.6. The molecule has 0 spiro atoms.